The highest BCUT2D eigenvalue weighted by atomic mass is 16.5. The predicted molar refractivity (Wildman–Crippen MR) is 98.9 cm³/mol. The van der Waals surface area contributed by atoms with Crippen LogP contribution in [-0.4, -0.2) is 48.0 Å². The van der Waals surface area contributed by atoms with E-state index in [1.165, 1.54) is 5.56 Å². The molecule has 0 saturated carbocycles. The van der Waals surface area contributed by atoms with Crippen LogP contribution in [0.2, 0.25) is 0 Å². The van der Waals surface area contributed by atoms with E-state index in [2.05, 4.69) is 27.0 Å². The fourth-order valence-electron chi connectivity index (χ4n) is 3.73. The number of piperidine rings is 1. The van der Waals surface area contributed by atoms with E-state index in [1.54, 1.807) is 13.4 Å². The lowest BCUT2D eigenvalue weighted by molar-refractivity contribution is 0.145. The van der Waals surface area contributed by atoms with Gasteiger partial charge < -0.3 is 19.5 Å². The number of methoxy groups -OCH3 is 1. The van der Waals surface area contributed by atoms with Crippen LogP contribution in [-0.2, 0) is 12.8 Å². The largest absolute Gasteiger partial charge is 0.497 e. The summed E-state index contributed by atoms with van der Waals surface area (Å²) >= 11 is 0. The van der Waals surface area contributed by atoms with E-state index in [4.69, 9.17) is 9.47 Å². The zero-order valence-electron chi connectivity index (χ0n) is 15.1. The molecule has 0 bridgehead atoms. The number of rotatable bonds is 4. The Bertz CT molecular complexity index is 760. The molecule has 2 aliphatic rings. The standard InChI is InChI=1S/C20H25N3O3/c1-25-18-3-2-15-8-14(12-26-19(15)11-18)9-16-10-20(22-13-21-16)23-6-4-17(24)5-7-23/h2-3,10-11,13-14,17,24H,4-9,12H2,1H3/t14-/m1/s1. The molecule has 0 unspecified atom stereocenters. The van der Waals surface area contributed by atoms with Crippen molar-refractivity contribution in [1.29, 1.82) is 0 Å². The lowest BCUT2D eigenvalue weighted by Crippen LogP contribution is -2.36. The van der Waals surface area contributed by atoms with Gasteiger partial charge in [0.15, 0.2) is 0 Å². The topological polar surface area (TPSA) is 67.7 Å². The molecule has 1 saturated heterocycles. The van der Waals surface area contributed by atoms with Gasteiger partial charge in [0.1, 0.15) is 23.6 Å². The van der Waals surface area contributed by atoms with E-state index in [0.29, 0.717) is 12.5 Å². The van der Waals surface area contributed by atoms with Gasteiger partial charge in [0.05, 0.1) is 19.8 Å². The Labute approximate surface area is 153 Å². The Morgan fingerprint density at radius 2 is 2.08 bits per heavy atom. The van der Waals surface area contributed by atoms with Crippen molar-refractivity contribution in [3.63, 3.8) is 0 Å². The zero-order chi connectivity index (χ0) is 17.9. The molecular formula is C20H25N3O3. The molecule has 0 amide bonds. The van der Waals surface area contributed by atoms with E-state index in [-0.39, 0.29) is 6.10 Å². The summed E-state index contributed by atoms with van der Waals surface area (Å²) in [5, 5.41) is 9.68. The number of aliphatic hydroxyl groups is 1. The lowest BCUT2D eigenvalue weighted by Gasteiger charge is -2.30. The van der Waals surface area contributed by atoms with Crippen LogP contribution in [0.4, 0.5) is 5.82 Å². The van der Waals surface area contributed by atoms with E-state index >= 15 is 0 Å². The van der Waals surface area contributed by atoms with Crippen LogP contribution >= 0.6 is 0 Å². The molecule has 2 aromatic rings. The number of aromatic nitrogens is 2. The minimum absolute atomic E-state index is 0.175. The van der Waals surface area contributed by atoms with Crippen LogP contribution in [0.15, 0.2) is 30.6 Å². The van der Waals surface area contributed by atoms with E-state index in [1.807, 2.05) is 12.1 Å². The minimum Gasteiger partial charge on any atom is -0.497 e. The first-order valence-electron chi connectivity index (χ1n) is 9.25. The summed E-state index contributed by atoms with van der Waals surface area (Å²) in [7, 11) is 1.67. The number of hydrogen-bond donors (Lipinski definition) is 1. The first-order chi connectivity index (χ1) is 12.7. The molecule has 3 heterocycles. The Kier molecular flexibility index (Phi) is 4.93. The summed E-state index contributed by atoms with van der Waals surface area (Å²) in [4.78, 5) is 11.1. The highest BCUT2D eigenvalue weighted by Gasteiger charge is 2.22. The molecule has 0 spiro atoms. The number of ether oxygens (including phenoxy) is 2. The molecule has 26 heavy (non-hydrogen) atoms. The zero-order valence-corrected chi connectivity index (χ0v) is 15.1. The first kappa shape index (κ1) is 17.1. The second kappa shape index (κ2) is 7.50. The summed E-state index contributed by atoms with van der Waals surface area (Å²) in [5.41, 5.74) is 2.27. The van der Waals surface area contributed by atoms with Crippen LogP contribution < -0.4 is 14.4 Å². The molecule has 4 rings (SSSR count). The van der Waals surface area contributed by atoms with Crippen molar-refractivity contribution in [3.05, 3.63) is 41.9 Å². The van der Waals surface area contributed by atoms with Gasteiger partial charge in [-0.15, -0.1) is 0 Å². The average molecular weight is 355 g/mol. The maximum Gasteiger partial charge on any atom is 0.132 e. The molecular weight excluding hydrogens is 330 g/mol. The van der Waals surface area contributed by atoms with Crippen molar-refractivity contribution in [2.24, 2.45) is 5.92 Å². The SMILES string of the molecule is COc1ccc2c(c1)OC[C@@H](Cc1cc(N3CCC(O)CC3)ncn1)C2. The van der Waals surface area contributed by atoms with Crippen LogP contribution in [0.5, 0.6) is 11.5 Å². The molecule has 2 aliphatic heterocycles. The van der Waals surface area contributed by atoms with Crippen molar-refractivity contribution < 1.29 is 14.6 Å². The molecule has 1 fully saturated rings. The molecule has 138 valence electrons. The number of fused-ring (bicyclic) bond motifs is 1. The first-order valence-corrected chi connectivity index (χ1v) is 9.25. The van der Waals surface area contributed by atoms with Crippen LogP contribution in [0.3, 0.4) is 0 Å². The molecule has 1 aromatic heterocycles. The number of aliphatic hydroxyl groups excluding tert-OH is 1. The highest BCUT2D eigenvalue weighted by Crippen LogP contribution is 2.32. The summed E-state index contributed by atoms with van der Waals surface area (Å²) < 4.78 is 11.2. The molecule has 0 radical (unpaired) electrons. The van der Waals surface area contributed by atoms with Gasteiger partial charge in [0.25, 0.3) is 0 Å². The lowest BCUT2D eigenvalue weighted by atomic mass is 9.92. The monoisotopic (exact) mass is 355 g/mol. The third kappa shape index (κ3) is 3.75. The normalized spacial score (nSPS) is 20.4. The summed E-state index contributed by atoms with van der Waals surface area (Å²) in [6.45, 7) is 2.38. The van der Waals surface area contributed by atoms with Gasteiger partial charge in [0.2, 0.25) is 0 Å². The third-order valence-electron chi connectivity index (χ3n) is 5.25. The van der Waals surface area contributed by atoms with Crippen molar-refractivity contribution >= 4 is 5.82 Å². The number of benzene rings is 1. The molecule has 1 atom stereocenters. The van der Waals surface area contributed by atoms with Crippen LogP contribution in [0.25, 0.3) is 0 Å². The fourth-order valence-corrected chi connectivity index (χ4v) is 3.73. The molecule has 1 aromatic carbocycles. The van der Waals surface area contributed by atoms with E-state index in [0.717, 1.165) is 61.8 Å². The van der Waals surface area contributed by atoms with Gasteiger partial charge in [-0.05, 0) is 37.3 Å². The van der Waals surface area contributed by atoms with Gasteiger partial charge in [-0.3, -0.25) is 0 Å². The predicted octanol–water partition coefficient (Wildman–Crippen LogP) is 2.24. The Morgan fingerprint density at radius 3 is 2.88 bits per heavy atom. The van der Waals surface area contributed by atoms with Crippen LogP contribution in [0.1, 0.15) is 24.1 Å². The van der Waals surface area contributed by atoms with Gasteiger partial charge in [-0.2, -0.15) is 0 Å². The summed E-state index contributed by atoms with van der Waals surface area (Å²) in [5.74, 6) is 3.12. The Hall–Kier alpha value is -2.34. The van der Waals surface area contributed by atoms with Crippen molar-refractivity contribution in [2.75, 3.05) is 31.7 Å². The Balaban J connectivity index is 1.42. The third-order valence-corrected chi connectivity index (χ3v) is 5.25. The van der Waals surface area contributed by atoms with Gasteiger partial charge >= 0.3 is 0 Å². The maximum atomic E-state index is 9.68. The van der Waals surface area contributed by atoms with E-state index < -0.39 is 0 Å². The van der Waals surface area contributed by atoms with Crippen molar-refractivity contribution in [3.8, 4) is 11.5 Å². The quantitative estimate of drug-likeness (QED) is 0.907. The number of anilines is 1. The van der Waals surface area contributed by atoms with E-state index in [9.17, 15) is 5.11 Å². The molecule has 1 N–H and O–H groups in total. The average Bonchev–Trinajstić information content (AvgIpc) is 2.68. The van der Waals surface area contributed by atoms with Crippen LogP contribution in [0, 0.1) is 5.92 Å². The second-order valence-electron chi connectivity index (χ2n) is 7.14. The molecule has 6 nitrogen and oxygen atoms in total. The maximum absolute atomic E-state index is 9.68. The summed E-state index contributed by atoms with van der Waals surface area (Å²) in [6, 6.07) is 8.11. The Morgan fingerprint density at radius 1 is 1.23 bits per heavy atom. The van der Waals surface area contributed by atoms with Gasteiger partial charge in [-0.25, -0.2) is 9.97 Å². The fraction of sp³-hybridized carbons (Fsp3) is 0.500. The highest BCUT2D eigenvalue weighted by molar-refractivity contribution is 5.43. The summed E-state index contributed by atoms with van der Waals surface area (Å²) in [6.07, 6.45) is 4.93. The molecule has 0 aliphatic carbocycles. The number of hydrogen-bond acceptors (Lipinski definition) is 6. The molecule has 6 heteroatoms. The van der Waals surface area contributed by atoms with Crippen molar-refractivity contribution in [1.82, 2.24) is 9.97 Å². The smallest absolute Gasteiger partial charge is 0.132 e. The van der Waals surface area contributed by atoms with Crippen molar-refractivity contribution in [2.45, 2.75) is 31.8 Å². The number of nitrogens with zero attached hydrogens (tertiary/aromatic N) is 3. The minimum atomic E-state index is -0.175. The van der Waals surface area contributed by atoms with Gasteiger partial charge in [0, 0.05) is 36.8 Å². The van der Waals surface area contributed by atoms with Gasteiger partial charge in [-0.1, -0.05) is 6.07 Å². The second-order valence-corrected chi connectivity index (χ2v) is 7.14.